The Balaban J connectivity index is 2.77. The summed E-state index contributed by atoms with van der Waals surface area (Å²) in [7, 11) is 1.55. The summed E-state index contributed by atoms with van der Waals surface area (Å²) in [6.45, 7) is 5.92. The van der Waals surface area contributed by atoms with Crippen LogP contribution >= 0.6 is 0 Å². The molecule has 1 heterocycles. The molecule has 0 aliphatic rings. The maximum atomic E-state index is 12.0. The standard InChI is InChI=1S/C12H18N2O2/c1-5-12(2,3)10(15)6-9-7-11(16-4)14-8-13-9/h7-8H,5-6H2,1-4H3. The number of nitrogens with zero attached hydrogens (tertiary/aromatic N) is 2. The fourth-order valence-electron chi connectivity index (χ4n) is 1.19. The Bertz CT molecular complexity index is 375. The van der Waals surface area contributed by atoms with Gasteiger partial charge >= 0.3 is 0 Å². The van der Waals surface area contributed by atoms with E-state index in [1.54, 1.807) is 13.2 Å². The van der Waals surface area contributed by atoms with Gasteiger partial charge in [-0.05, 0) is 6.42 Å². The van der Waals surface area contributed by atoms with Crippen LogP contribution in [0.25, 0.3) is 0 Å². The summed E-state index contributed by atoms with van der Waals surface area (Å²) in [6, 6.07) is 1.70. The Labute approximate surface area is 96.1 Å². The molecule has 4 nitrogen and oxygen atoms in total. The molecule has 88 valence electrons. The second-order valence-electron chi connectivity index (χ2n) is 4.39. The van der Waals surface area contributed by atoms with E-state index >= 15 is 0 Å². The van der Waals surface area contributed by atoms with Crippen molar-refractivity contribution in [3.05, 3.63) is 18.1 Å². The molecule has 16 heavy (non-hydrogen) atoms. The molecule has 0 saturated heterocycles. The molecule has 0 atom stereocenters. The van der Waals surface area contributed by atoms with Crippen molar-refractivity contribution in [2.45, 2.75) is 33.6 Å². The summed E-state index contributed by atoms with van der Waals surface area (Å²) in [4.78, 5) is 19.9. The normalized spacial score (nSPS) is 11.2. The first kappa shape index (κ1) is 12.6. The second kappa shape index (κ2) is 5.05. The lowest BCUT2D eigenvalue weighted by Crippen LogP contribution is -2.25. The smallest absolute Gasteiger partial charge is 0.216 e. The summed E-state index contributed by atoms with van der Waals surface area (Å²) >= 11 is 0. The van der Waals surface area contributed by atoms with E-state index in [1.807, 2.05) is 20.8 Å². The number of methoxy groups -OCH3 is 1. The minimum absolute atomic E-state index is 0.191. The van der Waals surface area contributed by atoms with Crippen molar-refractivity contribution in [2.75, 3.05) is 7.11 Å². The van der Waals surface area contributed by atoms with Crippen LogP contribution in [0.2, 0.25) is 0 Å². The van der Waals surface area contributed by atoms with Gasteiger partial charge < -0.3 is 4.74 Å². The van der Waals surface area contributed by atoms with Gasteiger partial charge in [0.2, 0.25) is 5.88 Å². The van der Waals surface area contributed by atoms with Crippen LogP contribution < -0.4 is 4.74 Å². The number of carbonyl (C=O) groups is 1. The van der Waals surface area contributed by atoms with Crippen LogP contribution in [0.4, 0.5) is 0 Å². The number of rotatable bonds is 5. The molecule has 0 aliphatic carbocycles. The third-order valence-corrected chi connectivity index (χ3v) is 2.89. The van der Waals surface area contributed by atoms with E-state index in [1.165, 1.54) is 6.33 Å². The first-order valence-corrected chi connectivity index (χ1v) is 5.38. The number of ketones is 1. The van der Waals surface area contributed by atoms with Crippen molar-refractivity contribution in [1.29, 1.82) is 0 Å². The van der Waals surface area contributed by atoms with Crippen LogP contribution in [0.3, 0.4) is 0 Å². The zero-order chi connectivity index (χ0) is 12.2. The van der Waals surface area contributed by atoms with E-state index in [-0.39, 0.29) is 11.2 Å². The van der Waals surface area contributed by atoms with Crippen LogP contribution in [-0.2, 0) is 11.2 Å². The number of ether oxygens (including phenoxy) is 1. The van der Waals surface area contributed by atoms with Crippen LogP contribution in [0.15, 0.2) is 12.4 Å². The Morgan fingerprint density at radius 3 is 2.69 bits per heavy atom. The van der Waals surface area contributed by atoms with Crippen LogP contribution in [-0.4, -0.2) is 22.9 Å². The third kappa shape index (κ3) is 3.02. The lowest BCUT2D eigenvalue weighted by molar-refractivity contribution is -0.126. The molecule has 1 rings (SSSR count). The molecule has 1 aromatic heterocycles. The molecule has 0 unspecified atom stereocenters. The zero-order valence-corrected chi connectivity index (χ0v) is 10.3. The third-order valence-electron chi connectivity index (χ3n) is 2.89. The zero-order valence-electron chi connectivity index (χ0n) is 10.3. The molecule has 0 saturated carbocycles. The van der Waals surface area contributed by atoms with Gasteiger partial charge in [-0.25, -0.2) is 9.97 Å². The molecule has 0 amide bonds. The van der Waals surface area contributed by atoms with E-state index in [0.717, 1.165) is 6.42 Å². The van der Waals surface area contributed by atoms with Crippen molar-refractivity contribution in [3.8, 4) is 5.88 Å². The van der Waals surface area contributed by atoms with E-state index in [0.29, 0.717) is 18.0 Å². The number of aromatic nitrogens is 2. The maximum absolute atomic E-state index is 12.0. The number of carbonyl (C=O) groups excluding carboxylic acids is 1. The molecule has 0 aromatic carbocycles. The summed E-state index contributed by atoms with van der Waals surface area (Å²) < 4.78 is 4.99. The molecule has 1 aromatic rings. The van der Waals surface area contributed by atoms with Gasteiger partial charge in [0.1, 0.15) is 12.1 Å². The largest absolute Gasteiger partial charge is 0.481 e. The lowest BCUT2D eigenvalue weighted by Gasteiger charge is -2.20. The van der Waals surface area contributed by atoms with Gasteiger partial charge in [0.15, 0.2) is 0 Å². The first-order chi connectivity index (χ1) is 7.49. The molecule has 0 fully saturated rings. The quantitative estimate of drug-likeness (QED) is 0.765. The van der Waals surface area contributed by atoms with Crippen molar-refractivity contribution >= 4 is 5.78 Å². The predicted octanol–water partition coefficient (Wildman–Crippen LogP) is 2.03. The summed E-state index contributed by atoms with van der Waals surface area (Å²) in [6.07, 6.45) is 2.58. The fourth-order valence-corrected chi connectivity index (χ4v) is 1.19. The van der Waals surface area contributed by atoms with Crippen molar-refractivity contribution < 1.29 is 9.53 Å². The summed E-state index contributed by atoms with van der Waals surface area (Å²) in [5, 5.41) is 0. The van der Waals surface area contributed by atoms with E-state index in [9.17, 15) is 4.79 Å². The number of hydrogen-bond donors (Lipinski definition) is 0. The molecule has 0 radical (unpaired) electrons. The van der Waals surface area contributed by atoms with Crippen LogP contribution in [0.1, 0.15) is 32.9 Å². The predicted molar refractivity (Wildman–Crippen MR) is 61.4 cm³/mol. The molecule has 0 spiro atoms. The molecule has 0 aliphatic heterocycles. The van der Waals surface area contributed by atoms with E-state index < -0.39 is 0 Å². The molecular formula is C12H18N2O2. The highest BCUT2D eigenvalue weighted by atomic mass is 16.5. The van der Waals surface area contributed by atoms with Gasteiger partial charge in [-0.3, -0.25) is 4.79 Å². The average molecular weight is 222 g/mol. The summed E-state index contributed by atoms with van der Waals surface area (Å²) in [5.41, 5.74) is 0.413. The molecular weight excluding hydrogens is 204 g/mol. The minimum Gasteiger partial charge on any atom is -0.481 e. The topological polar surface area (TPSA) is 52.1 Å². The van der Waals surface area contributed by atoms with Crippen molar-refractivity contribution in [3.63, 3.8) is 0 Å². The van der Waals surface area contributed by atoms with E-state index in [2.05, 4.69) is 9.97 Å². The SMILES string of the molecule is CCC(C)(C)C(=O)Cc1cc(OC)ncn1. The van der Waals surface area contributed by atoms with Gasteiger partial charge in [0.05, 0.1) is 12.8 Å². The maximum Gasteiger partial charge on any atom is 0.216 e. The van der Waals surface area contributed by atoms with Crippen LogP contribution in [0.5, 0.6) is 5.88 Å². The second-order valence-corrected chi connectivity index (χ2v) is 4.39. The van der Waals surface area contributed by atoms with Crippen molar-refractivity contribution in [2.24, 2.45) is 5.41 Å². The molecule has 0 N–H and O–H groups in total. The van der Waals surface area contributed by atoms with Gasteiger partial charge in [0, 0.05) is 17.9 Å². The van der Waals surface area contributed by atoms with Gasteiger partial charge in [-0.1, -0.05) is 20.8 Å². The Kier molecular flexibility index (Phi) is 3.99. The Morgan fingerprint density at radius 2 is 2.12 bits per heavy atom. The number of Topliss-reactive ketones (excluding diaryl/α,β-unsaturated/α-hetero) is 1. The summed E-state index contributed by atoms with van der Waals surface area (Å²) in [5.74, 6) is 0.683. The van der Waals surface area contributed by atoms with Gasteiger partial charge in [-0.2, -0.15) is 0 Å². The Hall–Kier alpha value is -1.45. The van der Waals surface area contributed by atoms with Crippen LogP contribution in [0, 0.1) is 5.41 Å². The number of hydrogen-bond acceptors (Lipinski definition) is 4. The fraction of sp³-hybridized carbons (Fsp3) is 0.583. The monoisotopic (exact) mass is 222 g/mol. The lowest BCUT2D eigenvalue weighted by atomic mass is 9.83. The van der Waals surface area contributed by atoms with Gasteiger partial charge in [0.25, 0.3) is 0 Å². The highest BCUT2D eigenvalue weighted by molar-refractivity contribution is 5.85. The van der Waals surface area contributed by atoms with Gasteiger partial charge in [-0.15, -0.1) is 0 Å². The highest BCUT2D eigenvalue weighted by Crippen LogP contribution is 2.23. The highest BCUT2D eigenvalue weighted by Gasteiger charge is 2.25. The van der Waals surface area contributed by atoms with E-state index in [4.69, 9.17) is 4.74 Å². The van der Waals surface area contributed by atoms with Crippen molar-refractivity contribution in [1.82, 2.24) is 9.97 Å². The molecule has 0 bridgehead atoms. The average Bonchev–Trinajstić information content (AvgIpc) is 2.29. The first-order valence-electron chi connectivity index (χ1n) is 5.38. The molecule has 4 heteroatoms. The minimum atomic E-state index is -0.293. The Morgan fingerprint density at radius 1 is 1.44 bits per heavy atom.